The summed E-state index contributed by atoms with van der Waals surface area (Å²) in [5.74, 6) is -3.06. The summed E-state index contributed by atoms with van der Waals surface area (Å²) >= 11 is 0. The minimum Gasteiger partial charge on any atom is -0.508 e. The molecule has 0 spiro atoms. The number of phenolic OH excluding ortho intramolecular Hbond substituents is 1. The minimum atomic E-state index is -1.17. The van der Waals surface area contributed by atoms with E-state index >= 15 is 0 Å². The van der Waals surface area contributed by atoms with Crippen molar-refractivity contribution in [2.75, 3.05) is 0 Å². The second kappa shape index (κ2) is 13.5. The van der Waals surface area contributed by atoms with Gasteiger partial charge in [0.15, 0.2) is 0 Å². The molecule has 5 unspecified atom stereocenters. The van der Waals surface area contributed by atoms with Crippen LogP contribution in [0.3, 0.4) is 0 Å². The first-order valence-electron chi connectivity index (χ1n) is 11.5. The van der Waals surface area contributed by atoms with Crippen LogP contribution < -0.4 is 21.7 Å². The number of benzene rings is 1. The van der Waals surface area contributed by atoms with Gasteiger partial charge in [-0.15, -0.1) is 0 Å². The van der Waals surface area contributed by atoms with Crippen LogP contribution in [0, 0.1) is 11.8 Å². The SMILES string of the molecule is CCC(C)C(NC(=O)C(C)N)C(=O)NC(Cc1ccc(O)cc1)C(=O)NC(CC(C)C)C(=O)O. The van der Waals surface area contributed by atoms with Gasteiger partial charge in [0, 0.05) is 6.42 Å². The lowest BCUT2D eigenvalue weighted by Gasteiger charge is -2.28. The lowest BCUT2D eigenvalue weighted by molar-refractivity contribution is -0.142. The van der Waals surface area contributed by atoms with E-state index < -0.39 is 47.9 Å². The van der Waals surface area contributed by atoms with Crippen LogP contribution in [-0.4, -0.2) is 58.1 Å². The van der Waals surface area contributed by atoms with Gasteiger partial charge in [-0.2, -0.15) is 0 Å². The van der Waals surface area contributed by atoms with Crippen molar-refractivity contribution < 1.29 is 29.4 Å². The molecule has 3 amide bonds. The van der Waals surface area contributed by atoms with Crippen LogP contribution in [0.2, 0.25) is 0 Å². The zero-order chi connectivity index (χ0) is 26.0. The van der Waals surface area contributed by atoms with Gasteiger partial charge in [-0.1, -0.05) is 46.2 Å². The monoisotopic (exact) mass is 478 g/mol. The summed E-state index contributed by atoms with van der Waals surface area (Å²) in [7, 11) is 0. The third-order valence-electron chi connectivity index (χ3n) is 5.54. The maximum Gasteiger partial charge on any atom is 0.326 e. The molecule has 0 saturated carbocycles. The van der Waals surface area contributed by atoms with Crippen molar-refractivity contribution in [2.24, 2.45) is 17.6 Å². The number of amides is 3. The molecule has 34 heavy (non-hydrogen) atoms. The summed E-state index contributed by atoms with van der Waals surface area (Å²) in [5.41, 5.74) is 6.28. The van der Waals surface area contributed by atoms with E-state index in [1.165, 1.54) is 19.1 Å². The quantitative estimate of drug-likeness (QED) is 0.245. The number of aliphatic carboxylic acids is 1. The van der Waals surface area contributed by atoms with Gasteiger partial charge in [0.25, 0.3) is 0 Å². The van der Waals surface area contributed by atoms with Gasteiger partial charge in [-0.25, -0.2) is 4.79 Å². The fraction of sp³-hybridized carbons (Fsp3) is 0.583. The van der Waals surface area contributed by atoms with Gasteiger partial charge in [-0.05, 0) is 42.9 Å². The molecule has 1 aromatic rings. The minimum absolute atomic E-state index is 0.0230. The number of nitrogens with one attached hydrogen (secondary N) is 3. The summed E-state index contributed by atoms with van der Waals surface area (Å²) in [4.78, 5) is 50.1. The summed E-state index contributed by atoms with van der Waals surface area (Å²) < 4.78 is 0. The number of carbonyl (C=O) groups is 4. The molecule has 10 heteroatoms. The highest BCUT2D eigenvalue weighted by Crippen LogP contribution is 2.14. The van der Waals surface area contributed by atoms with Crippen LogP contribution in [0.5, 0.6) is 5.75 Å². The normalized spacial score (nSPS) is 15.5. The maximum atomic E-state index is 13.2. The molecule has 0 fully saturated rings. The Kier molecular flexibility index (Phi) is 11.5. The van der Waals surface area contributed by atoms with Gasteiger partial charge in [0.05, 0.1) is 6.04 Å². The molecular weight excluding hydrogens is 440 g/mol. The number of nitrogens with two attached hydrogens (primary N) is 1. The third-order valence-corrected chi connectivity index (χ3v) is 5.54. The molecule has 10 nitrogen and oxygen atoms in total. The molecular formula is C24H38N4O6. The van der Waals surface area contributed by atoms with Crippen molar-refractivity contribution in [3.63, 3.8) is 0 Å². The Morgan fingerprint density at radius 1 is 0.882 bits per heavy atom. The average molecular weight is 479 g/mol. The van der Waals surface area contributed by atoms with Gasteiger partial charge in [0.2, 0.25) is 17.7 Å². The molecule has 0 aliphatic carbocycles. The van der Waals surface area contributed by atoms with E-state index in [4.69, 9.17) is 5.73 Å². The predicted octanol–water partition coefficient (Wildman–Crippen LogP) is 0.913. The topological polar surface area (TPSA) is 171 Å². The Bertz CT molecular complexity index is 840. The molecule has 0 heterocycles. The zero-order valence-corrected chi connectivity index (χ0v) is 20.5. The van der Waals surface area contributed by atoms with E-state index in [1.807, 2.05) is 20.8 Å². The van der Waals surface area contributed by atoms with Crippen LogP contribution in [-0.2, 0) is 25.6 Å². The molecule has 5 atom stereocenters. The standard InChI is InChI=1S/C24H38N4O6/c1-6-14(4)20(28-21(30)15(5)25)23(32)26-18(12-16-7-9-17(29)10-8-16)22(31)27-19(24(33)34)11-13(2)3/h7-10,13-15,18-20,29H,6,11-12,25H2,1-5H3,(H,26,32)(H,27,31)(H,28,30)(H,33,34). The Morgan fingerprint density at radius 3 is 1.91 bits per heavy atom. The highest BCUT2D eigenvalue weighted by Gasteiger charge is 2.32. The van der Waals surface area contributed by atoms with Crippen LogP contribution >= 0.6 is 0 Å². The zero-order valence-electron chi connectivity index (χ0n) is 20.5. The van der Waals surface area contributed by atoms with Gasteiger partial charge < -0.3 is 31.9 Å². The Morgan fingerprint density at radius 2 is 1.44 bits per heavy atom. The molecule has 0 bridgehead atoms. The van der Waals surface area contributed by atoms with E-state index in [-0.39, 0.29) is 30.4 Å². The van der Waals surface area contributed by atoms with Crippen molar-refractivity contribution in [3.05, 3.63) is 29.8 Å². The second-order valence-corrected chi connectivity index (χ2v) is 9.12. The summed E-state index contributed by atoms with van der Waals surface area (Å²) in [5, 5.41) is 26.9. The van der Waals surface area contributed by atoms with E-state index in [2.05, 4.69) is 16.0 Å². The van der Waals surface area contributed by atoms with Gasteiger partial charge in [0.1, 0.15) is 23.9 Å². The Balaban J connectivity index is 3.17. The number of carboxylic acid groups (broad SMARTS) is 1. The molecule has 0 radical (unpaired) electrons. The third kappa shape index (κ3) is 9.38. The number of phenols is 1. The van der Waals surface area contributed by atoms with Gasteiger partial charge in [-0.3, -0.25) is 14.4 Å². The lowest BCUT2D eigenvalue weighted by Crippen LogP contribution is -2.59. The molecule has 0 saturated heterocycles. The molecule has 0 aliphatic rings. The van der Waals surface area contributed by atoms with Crippen molar-refractivity contribution in [1.82, 2.24) is 16.0 Å². The van der Waals surface area contributed by atoms with Gasteiger partial charge >= 0.3 is 5.97 Å². The maximum absolute atomic E-state index is 13.2. The predicted molar refractivity (Wildman–Crippen MR) is 128 cm³/mol. The molecule has 190 valence electrons. The lowest BCUT2D eigenvalue weighted by atomic mass is 9.96. The van der Waals surface area contributed by atoms with E-state index in [0.717, 1.165) is 0 Å². The van der Waals surface area contributed by atoms with Crippen LogP contribution in [0.25, 0.3) is 0 Å². The Hall–Kier alpha value is -3.14. The summed E-state index contributed by atoms with van der Waals surface area (Å²) in [6.07, 6.45) is 0.864. The first kappa shape index (κ1) is 28.9. The second-order valence-electron chi connectivity index (χ2n) is 9.12. The fourth-order valence-corrected chi connectivity index (χ4v) is 3.29. The molecule has 7 N–H and O–H groups in total. The molecule has 1 aromatic carbocycles. The number of aromatic hydroxyl groups is 1. The average Bonchev–Trinajstić information content (AvgIpc) is 2.76. The first-order valence-corrected chi connectivity index (χ1v) is 11.5. The smallest absolute Gasteiger partial charge is 0.326 e. The highest BCUT2D eigenvalue weighted by molar-refractivity contribution is 5.94. The number of carboxylic acids is 1. The Labute approximate surface area is 200 Å². The van der Waals surface area contributed by atoms with E-state index in [9.17, 15) is 29.4 Å². The van der Waals surface area contributed by atoms with E-state index in [0.29, 0.717) is 12.0 Å². The summed E-state index contributed by atoms with van der Waals surface area (Å²) in [6.45, 7) is 8.85. The van der Waals surface area contributed by atoms with Crippen molar-refractivity contribution >= 4 is 23.7 Å². The molecule has 0 aromatic heterocycles. The number of carbonyl (C=O) groups excluding carboxylic acids is 3. The largest absolute Gasteiger partial charge is 0.508 e. The van der Waals surface area contributed by atoms with Crippen LogP contribution in [0.1, 0.15) is 53.0 Å². The van der Waals surface area contributed by atoms with Crippen LogP contribution in [0.4, 0.5) is 0 Å². The van der Waals surface area contributed by atoms with Crippen molar-refractivity contribution in [2.45, 2.75) is 78.0 Å². The van der Waals surface area contributed by atoms with Crippen molar-refractivity contribution in [1.29, 1.82) is 0 Å². The number of hydrogen-bond donors (Lipinski definition) is 6. The number of hydrogen-bond acceptors (Lipinski definition) is 6. The summed E-state index contributed by atoms with van der Waals surface area (Å²) in [6, 6.07) is 2.15. The molecule has 1 rings (SSSR count). The van der Waals surface area contributed by atoms with Crippen LogP contribution in [0.15, 0.2) is 24.3 Å². The van der Waals surface area contributed by atoms with Crippen molar-refractivity contribution in [3.8, 4) is 5.75 Å². The highest BCUT2D eigenvalue weighted by atomic mass is 16.4. The fourth-order valence-electron chi connectivity index (χ4n) is 3.29. The first-order chi connectivity index (χ1) is 15.8. The van der Waals surface area contributed by atoms with E-state index in [1.54, 1.807) is 19.1 Å². The number of rotatable bonds is 13. The molecule has 0 aliphatic heterocycles.